The molecule has 0 amide bonds. The van der Waals surface area contributed by atoms with Gasteiger partial charge in [0.05, 0.1) is 11.7 Å². The quantitative estimate of drug-likeness (QED) is 0.318. The Bertz CT molecular complexity index is 289. The average Bonchev–Trinajstić information content (AvgIpc) is 2.26. The molecule has 0 fully saturated rings. The molecule has 0 spiro atoms. The number of nitrogens with one attached hydrogen (secondary N) is 1. The molecule has 0 aliphatic heterocycles. The molecule has 0 bridgehead atoms. The maximum absolute atomic E-state index is 5.45. The predicted molar refractivity (Wildman–Crippen MR) is 57.0 cm³/mol. The Morgan fingerprint density at radius 3 is 3.00 bits per heavy atom. The van der Waals surface area contributed by atoms with Crippen LogP contribution in [-0.4, -0.2) is 4.98 Å². The van der Waals surface area contributed by atoms with Crippen molar-refractivity contribution in [2.75, 3.05) is 0 Å². The number of hydrazine groups is 1. The standard InChI is InChI=1S/C11H15N3/c1-2-3-4-8-11(14-12)10-7-5-6-9-13-10/h1,5-7,9,11,14H,3-4,8,12H2. The monoisotopic (exact) mass is 189 g/mol. The average molecular weight is 189 g/mol. The van der Waals surface area contributed by atoms with Crippen LogP contribution >= 0.6 is 0 Å². The van der Waals surface area contributed by atoms with Crippen LogP contribution in [-0.2, 0) is 0 Å². The molecule has 1 aromatic heterocycles. The van der Waals surface area contributed by atoms with Gasteiger partial charge in [0, 0.05) is 12.6 Å². The molecule has 0 aliphatic rings. The van der Waals surface area contributed by atoms with Crippen molar-refractivity contribution in [3.63, 3.8) is 0 Å². The molecule has 1 unspecified atom stereocenters. The van der Waals surface area contributed by atoms with E-state index in [4.69, 9.17) is 12.3 Å². The van der Waals surface area contributed by atoms with Crippen LogP contribution in [0.4, 0.5) is 0 Å². The second-order valence-corrected chi connectivity index (χ2v) is 3.07. The maximum atomic E-state index is 5.45. The van der Waals surface area contributed by atoms with E-state index in [9.17, 15) is 0 Å². The van der Waals surface area contributed by atoms with Gasteiger partial charge in [0.15, 0.2) is 0 Å². The summed E-state index contributed by atoms with van der Waals surface area (Å²) in [6.45, 7) is 0. The van der Waals surface area contributed by atoms with Crippen molar-refractivity contribution in [1.82, 2.24) is 10.4 Å². The molecular formula is C11H15N3. The third-order valence-electron chi connectivity index (χ3n) is 2.06. The highest BCUT2D eigenvalue weighted by Gasteiger charge is 2.08. The van der Waals surface area contributed by atoms with E-state index in [1.165, 1.54) is 0 Å². The van der Waals surface area contributed by atoms with Crippen molar-refractivity contribution in [3.8, 4) is 12.3 Å². The Kier molecular flexibility index (Phi) is 4.70. The van der Waals surface area contributed by atoms with Gasteiger partial charge in [-0.2, -0.15) is 0 Å². The molecule has 0 aromatic carbocycles. The third kappa shape index (κ3) is 3.17. The molecule has 1 aromatic rings. The van der Waals surface area contributed by atoms with E-state index in [1.807, 2.05) is 18.2 Å². The fourth-order valence-corrected chi connectivity index (χ4v) is 1.31. The Hall–Kier alpha value is -1.37. The largest absolute Gasteiger partial charge is 0.271 e. The number of rotatable bonds is 5. The van der Waals surface area contributed by atoms with Gasteiger partial charge >= 0.3 is 0 Å². The van der Waals surface area contributed by atoms with E-state index in [1.54, 1.807) is 6.20 Å². The molecule has 0 saturated heterocycles. The van der Waals surface area contributed by atoms with Crippen LogP contribution in [0.15, 0.2) is 24.4 Å². The molecule has 3 N–H and O–H groups in total. The van der Waals surface area contributed by atoms with Crippen molar-refractivity contribution in [2.45, 2.75) is 25.3 Å². The van der Waals surface area contributed by atoms with Gasteiger partial charge in [-0.25, -0.2) is 0 Å². The van der Waals surface area contributed by atoms with Crippen molar-refractivity contribution in [1.29, 1.82) is 0 Å². The number of terminal acetylenes is 1. The summed E-state index contributed by atoms with van der Waals surface area (Å²) in [7, 11) is 0. The molecule has 0 aliphatic carbocycles. The molecule has 14 heavy (non-hydrogen) atoms. The third-order valence-corrected chi connectivity index (χ3v) is 2.06. The number of aromatic nitrogens is 1. The van der Waals surface area contributed by atoms with Gasteiger partial charge in [-0.3, -0.25) is 16.3 Å². The van der Waals surface area contributed by atoms with Crippen LogP contribution < -0.4 is 11.3 Å². The Morgan fingerprint density at radius 1 is 1.57 bits per heavy atom. The molecule has 3 heteroatoms. The van der Waals surface area contributed by atoms with Gasteiger partial charge in [-0.1, -0.05) is 6.07 Å². The molecule has 0 saturated carbocycles. The smallest absolute Gasteiger partial charge is 0.0632 e. The Morgan fingerprint density at radius 2 is 2.43 bits per heavy atom. The minimum absolute atomic E-state index is 0.101. The SMILES string of the molecule is C#CCCCC(NN)c1ccccn1. The van der Waals surface area contributed by atoms with Gasteiger partial charge in [0.2, 0.25) is 0 Å². The summed E-state index contributed by atoms with van der Waals surface area (Å²) >= 11 is 0. The number of unbranched alkanes of at least 4 members (excludes halogenated alkanes) is 1. The highest BCUT2D eigenvalue weighted by Crippen LogP contribution is 2.15. The fraction of sp³-hybridized carbons (Fsp3) is 0.364. The molecule has 3 nitrogen and oxygen atoms in total. The molecule has 0 radical (unpaired) electrons. The van der Waals surface area contributed by atoms with E-state index in [0.717, 1.165) is 25.0 Å². The summed E-state index contributed by atoms with van der Waals surface area (Å²) in [5.41, 5.74) is 3.71. The summed E-state index contributed by atoms with van der Waals surface area (Å²) in [6, 6.07) is 5.90. The molecule has 74 valence electrons. The number of hydrogen-bond acceptors (Lipinski definition) is 3. The lowest BCUT2D eigenvalue weighted by atomic mass is 10.1. The normalized spacial score (nSPS) is 12.0. The second-order valence-electron chi connectivity index (χ2n) is 3.07. The second kappa shape index (κ2) is 6.14. The topological polar surface area (TPSA) is 50.9 Å². The van der Waals surface area contributed by atoms with Crippen LogP contribution in [0.2, 0.25) is 0 Å². The first-order chi connectivity index (χ1) is 6.88. The van der Waals surface area contributed by atoms with Crippen LogP contribution in [0.25, 0.3) is 0 Å². The first kappa shape index (κ1) is 10.7. The minimum Gasteiger partial charge on any atom is -0.271 e. The van der Waals surface area contributed by atoms with Crippen molar-refractivity contribution in [3.05, 3.63) is 30.1 Å². The summed E-state index contributed by atoms with van der Waals surface area (Å²) in [6.07, 6.45) is 9.60. The van der Waals surface area contributed by atoms with E-state index in [0.29, 0.717) is 0 Å². The first-order valence-electron chi connectivity index (χ1n) is 4.69. The summed E-state index contributed by atoms with van der Waals surface area (Å²) < 4.78 is 0. The first-order valence-corrected chi connectivity index (χ1v) is 4.69. The lowest BCUT2D eigenvalue weighted by molar-refractivity contribution is 0.491. The van der Waals surface area contributed by atoms with E-state index < -0.39 is 0 Å². The Labute approximate surface area is 84.7 Å². The highest BCUT2D eigenvalue weighted by molar-refractivity contribution is 5.08. The van der Waals surface area contributed by atoms with Crippen LogP contribution in [0.3, 0.4) is 0 Å². The van der Waals surface area contributed by atoms with Crippen molar-refractivity contribution < 1.29 is 0 Å². The predicted octanol–water partition coefficient (Wildman–Crippen LogP) is 1.39. The molecule has 1 rings (SSSR count). The van der Waals surface area contributed by atoms with Gasteiger partial charge < -0.3 is 0 Å². The van der Waals surface area contributed by atoms with Gasteiger partial charge in [0.25, 0.3) is 0 Å². The molecule has 1 atom stereocenters. The molecule has 1 heterocycles. The molecular weight excluding hydrogens is 174 g/mol. The number of pyridine rings is 1. The van der Waals surface area contributed by atoms with Crippen molar-refractivity contribution in [2.24, 2.45) is 5.84 Å². The summed E-state index contributed by atoms with van der Waals surface area (Å²) in [4.78, 5) is 4.23. The number of nitrogens with two attached hydrogens (primary N) is 1. The van der Waals surface area contributed by atoms with Gasteiger partial charge in [0.1, 0.15) is 0 Å². The van der Waals surface area contributed by atoms with Crippen LogP contribution in [0, 0.1) is 12.3 Å². The fourth-order valence-electron chi connectivity index (χ4n) is 1.31. The lowest BCUT2D eigenvalue weighted by Gasteiger charge is -2.13. The highest BCUT2D eigenvalue weighted by atomic mass is 15.2. The maximum Gasteiger partial charge on any atom is 0.0632 e. The zero-order chi connectivity index (χ0) is 10.2. The zero-order valence-corrected chi connectivity index (χ0v) is 8.11. The van der Waals surface area contributed by atoms with Gasteiger partial charge in [-0.05, 0) is 25.0 Å². The number of hydrogen-bond donors (Lipinski definition) is 2. The van der Waals surface area contributed by atoms with E-state index in [2.05, 4.69) is 16.3 Å². The van der Waals surface area contributed by atoms with Crippen molar-refractivity contribution >= 4 is 0 Å². The summed E-state index contributed by atoms with van der Waals surface area (Å²) in [5.74, 6) is 8.05. The van der Waals surface area contributed by atoms with Gasteiger partial charge in [-0.15, -0.1) is 12.3 Å². The lowest BCUT2D eigenvalue weighted by Crippen LogP contribution is -2.28. The zero-order valence-electron chi connectivity index (χ0n) is 8.11. The van der Waals surface area contributed by atoms with E-state index >= 15 is 0 Å². The van der Waals surface area contributed by atoms with Crippen LogP contribution in [0.5, 0.6) is 0 Å². The van der Waals surface area contributed by atoms with E-state index in [-0.39, 0.29) is 6.04 Å². The number of nitrogens with zero attached hydrogens (tertiary/aromatic N) is 1. The summed E-state index contributed by atoms with van der Waals surface area (Å²) in [5, 5.41) is 0. The van der Waals surface area contributed by atoms with Crippen LogP contribution in [0.1, 0.15) is 31.0 Å². The minimum atomic E-state index is 0.101. The Balaban J connectivity index is 2.51.